The molecule has 2 aliphatic rings. The Morgan fingerprint density at radius 1 is 1.33 bits per heavy atom. The largest absolute Gasteiger partial charge is 0.411 e. The highest BCUT2D eigenvalue weighted by atomic mass is 35.5. The lowest BCUT2D eigenvalue weighted by atomic mass is 9.88. The second-order valence-corrected chi connectivity index (χ2v) is 4.56. The number of fused-ring (bicyclic) bond motifs is 2. The molecule has 2 saturated heterocycles. The number of rotatable bonds is 0. The summed E-state index contributed by atoms with van der Waals surface area (Å²) < 4.78 is 38.9. The standard InChI is InChI=1S/C9H11ClF3NO/c10-7(15)14-6-2-1-4-8(14,5-3-6)9(11,12)13/h6H,1-5H2. The molecule has 0 N–H and O–H groups in total. The van der Waals surface area contributed by atoms with Crippen molar-refractivity contribution in [3.8, 4) is 0 Å². The highest BCUT2D eigenvalue weighted by molar-refractivity contribution is 6.63. The molecule has 0 aromatic rings. The Bertz CT molecular complexity index is 290. The Morgan fingerprint density at radius 2 is 2.00 bits per heavy atom. The smallest absolute Gasteiger partial charge is 0.311 e. The third kappa shape index (κ3) is 1.43. The maximum atomic E-state index is 13.0. The van der Waals surface area contributed by atoms with Crippen LogP contribution in [0.5, 0.6) is 0 Å². The molecular weight excluding hydrogens is 231 g/mol. The maximum absolute atomic E-state index is 13.0. The molecule has 2 heterocycles. The van der Waals surface area contributed by atoms with Gasteiger partial charge in [0.2, 0.25) is 0 Å². The number of halogens is 4. The Labute approximate surface area is 90.4 Å². The monoisotopic (exact) mass is 241 g/mol. The van der Waals surface area contributed by atoms with Gasteiger partial charge >= 0.3 is 11.5 Å². The molecular formula is C9H11ClF3NO. The normalized spacial score (nSPS) is 35.7. The fourth-order valence-corrected chi connectivity index (χ4v) is 3.19. The fourth-order valence-electron chi connectivity index (χ4n) is 2.89. The number of alkyl halides is 3. The van der Waals surface area contributed by atoms with E-state index in [4.69, 9.17) is 11.6 Å². The first-order chi connectivity index (χ1) is 6.88. The average Bonchev–Trinajstić information content (AvgIpc) is 2.34. The van der Waals surface area contributed by atoms with Crippen molar-refractivity contribution in [3.05, 3.63) is 0 Å². The zero-order valence-electron chi connectivity index (χ0n) is 7.98. The van der Waals surface area contributed by atoms with E-state index in [1.165, 1.54) is 0 Å². The first-order valence-corrected chi connectivity index (χ1v) is 5.32. The second kappa shape index (κ2) is 3.27. The van der Waals surface area contributed by atoms with E-state index in [2.05, 4.69) is 0 Å². The number of carbonyl (C=O) groups is 1. The predicted molar refractivity (Wildman–Crippen MR) is 48.7 cm³/mol. The summed E-state index contributed by atoms with van der Waals surface area (Å²) in [6.07, 6.45) is -2.81. The second-order valence-electron chi connectivity index (χ2n) is 4.24. The molecule has 0 saturated carbocycles. The molecule has 2 bridgehead atoms. The fraction of sp³-hybridized carbons (Fsp3) is 0.889. The molecule has 0 aliphatic carbocycles. The van der Waals surface area contributed by atoms with E-state index in [0.717, 1.165) is 4.90 Å². The van der Waals surface area contributed by atoms with Crippen LogP contribution in [-0.2, 0) is 0 Å². The molecule has 2 fully saturated rings. The molecule has 15 heavy (non-hydrogen) atoms. The summed E-state index contributed by atoms with van der Waals surface area (Å²) in [5.74, 6) is 0. The summed E-state index contributed by atoms with van der Waals surface area (Å²) in [5.41, 5.74) is -1.98. The molecule has 2 nitrogen and oxygen atoms in total. The van der Waals surface area contributed by atoms with Crippen molar-refractivity contribution in [1.29, 1.82) is 0 Å². The summed E-state index contributed by atoms with van der Waals surface area (Å²) in [6, 6.07) is -0.314. The Balaban J connectivity index is 2.40. The molecule has 2 atom stereocenters. The van der Waals surface area contributed by atoms with Gasteiger partial charge in [0.15, 0.2) is 0 Å². The van der Waals surface area contributed by atoms with Gasteiger partial charge in [-0.1, -0.05) is 0 Å². The van der Waals surface area contributed by atoms with Gasteiger partial charge in [-0.2, -0.15) is 13.2 Å². The molecule has 0 aromatic heterocycles. The number of piperidine rings is 1. The van der Waals surface area contributed by atoms with Crippen LogP contribution in [0.3, 0.4) is 0 Å². The van der Waals surface area contributed by atoms with Crippen molar-refractivity contribution in [2.24, 2.45) is 0 Å². The molecule has 0 aromatic carbocycles. The zero-order valence-corrected chi connectivity index (χ0v) is 8.74. The van der Waals surface area contributed by atoms with Crippen molar-refractivity contribution in [2.45, 2.75) is 49.9 Å². The van der Waals surface area contributed by atoms with E-state index < -0.39 is 17.1 Å². The van der Waals surface area contributed by atoms with Gasteiger partial charge in [-0.05, 0) is 43.7 Å². The highest BCUT2D eigenvalue weighted by Gasteiger charge is 2.65. The van der Waals surface area contributed by atoms with E-state index >= 15 is 0 Å². The van der Waals surface area contributed by atoms with Crippen molar-refractivity contribution in [1.82, 2.24) is 4.90 Å². The lowest BCUT2D eigenvalue weighted by Gasteiger charge is -2.44. The van der Waals surface area contributed by atoms with E-state index in [0.29, 0.717) is 19.3 Å². The van der Waals surface area contributed by atoms with Crippen LogP contribution in [-0.4, -0.2) is 28.0 Å². The third-order valence-electron chi connectivity index (χ3n) is 3.56. The van der Waals surface area contributed by atoms with Gasteiger partial charge in [-0.15, -0.1) is 0 Å². The van der Waals surface area contributed by atoms with Crippen molar-refractivity contribution in [3.63, 3.8) is 0 Å². The molecule has 2 rings (SSSR count). The quantitative estimate of drug-likeness (QED) is 0.471. The number of amides is 1. The lowest BCUT2D eigenvalue weighted by Crippen LogP contribution is -2.59. The summed E-state index contributed by atoms with van der Waals surface area (Å²) in [5, 5.41) is -0.963. The SMILES string of the molecule is O=C(Cl)N1C2CCCC1(C(F)(F)F)CC2. The van der Waals surface area contributed by atoms with Gasteiger partial charge in [0, 0.05) is 6.04 Å². The highest BCUT2D eigenvalue weighted by Crippen LogP contribution is 2.52. The molecule has 86 valence electrons. The number of carbonyl (C=O) groups excluding carboxylic acids is 1. The van der Waals surface area contributed by atoms with Crippen LogP contribution in [0.1, 0.15) is 32.1 Å². The van der Waals surface area contributed by atoms with Gasteiger partial charge in [0.05, 0.1) is 0 Å². The van der Waals surface area contributed by atoms with Gasteiger partial charge in [-0.3, -0.25) is 4.79 Å². The van der Waals surface area contributed by atoms with E-state index in [1.54, 1.807) is 0 Å². The van der Waals surface area contributed by atoms with Crippen LogP contribution in [0.2, 0.25) is 0 Å². The van der Waals surface area contributed by atoms with Gasteiger partial charge in [0.1, 0.15) is 5.54 Å². The molecule has 6 heteroatoms. The third-order valence-corrected chi connectivity index (χ3v) is 3.74. The summed E-state index contributed by atoms with van der Waals surface area (Å²) in [6.45, 7) is 0. The molecule has 1 amide bonds. The van der Waals surface area contributed by atoms with E-state index in [9.17, 15) is 18.0 Å². The van der Waals surface area contributed by atoms with Crippen LogP contribution < -0.4 is 0 Å². The first-order valence-electron chi connectivity index (χ1n) is 4.94. The van der Waals surface area contributed by atoms with Crippen molar-refractivity contribution >= 4 is 17.0 Å². The predicted octanol–water partition coefficient (Wildman–Crippen LogP) is 3.29. The van der Waals surface area contributed by atoms with Crippen LogP contribution in [0, 0.1) is 0 Å². The average molecular weight is 242 g/mol. The number of hydrogen-bond donors (Lipinski definition) is 0. The minimum atomic E-state index is -4.37. The van der Waals surface area contributed by atoms with Crippen LogP contribution in [0.4, 0.5) is 18.0 Å². The topological polar surface area (TPSA) is 20.3 Å². The van der Waals surface area contributed by atoms with Crippen LogP contribution >= 0.6 is 11.6 Å². The molecule has 2 aliphatic heterocycles. The van der Waals surface area contributed by atoms with Crippen LogP contribution in [0.25, 0.3) is 0 Å². The minimum Gasteiger partial charge on any atom is -0.311 e. The Kier molecular flexibility index (Phi) is 2.41. The first kappa shape index (κ1) is 11.0. The zero-order chi connectivity index (χ0) is 11.3. The summed E-state index contributed by atoms with van der Waals surface area (Å²) in [4.78, 5) is 12.0. The van der Waals surface area contributed by atoms with Crippen molar-refractivity contribution in [2.75, 3.05) is 0 Å². The lowest BCUT2D eigenvalue weighted by molar-refractivity contribution is -0.224. The number of hydrogen-bond acceptors (Lipinski definition) is 1. The van der Waals surface area contributed by atoms with Gasteiger partial charge in [-0.25, -0.2) is 0 Å². The van der Waals surface area contributed by atoms with Crippen LogP contribution in [0.15, 0.2) is 0 Å². The van der Waals surface area contributed by atoms with Gasteiger partial charge in [0.25, 0.3) is 0 Å². The molecule has 2 unspecified atom stereocenters. The van der Waals surface area contributed by atoms with E-state index in [1.807, 2.05) is 0 Å². The summed E-state index contributed by atoms with van der Waals surface area (Å²) >= 11 is 5.27. The minimum absolute atomic E-state index is 0.000370. The maximum Gasteiger partial charge on any atom is 0.411 e. The van der Waals surface area contributed by atoms with E-state index in [-0.39, 0.29) is 18.9 Å². The Morgan fingerprint density at radius 3 is 2.47 bits per heavy atom. The molecule has 0 radical (unpaired) electrons. The van der Waals surface area contributed by atoms with Crippen molar-refractivity contribution < 1.29 is 18.0 Å². The number of nitrogens with zero attached hydrogens (tertiary/aromatic N) is 1. The molecule has 0 spiro atoms. The van der Waals surface area contributed by atoms with Gasteiger partial charge < -0.3 is 4.90 Å². The Hall–Kier alpha value is -0.450. The summed E-state index contributed by atoms with van der Waals surface area (Å²) in [7, 11) is 0.